The first-order valence-electron chi connectivity index (χ1n) is 6.82. The smallest absolute Gasteiger partial charge is 0.220 e. The fourth-order valence-corrected chi connectivity index (χ4v) is 1.97. The van der Waals surface area contributed by atoms with Crippen LogP contribution < -0.4 is 5.32 Å². The first-order chi connectivity index (χ1) is 8.99. The Labute approximate surface area is 115 Å². The van der Waals surface area contributed by atoms with Crippen molar-refractivity contribution in [2.45, 2.75) is 46.1 Å². The zero-order valence-corrected chi connectivity index (χ0v) is 12.0. The Kier molecular flexibility index (Phi) is 6.26. The highest BCUT2D eigenvalue weighted by atomic mass is 16.2. The molecule has 1 aromatic carbocycles. The summed E-state index contributed by atoms with van der Waals surface area (Å²) in [6.45, 7) is 5.63. The normalized spacial score (nSPS) is 12.2. The van der Waals surface area contributed by atoms with E-state index in [9.17, 15) is 9.59 Å². The molecule has 3 nitrogen and oxygen atoms in total. The zero-order chi connectivity index (χ0) is 14.3. The van der Waals surface area contributed by atoms with Gasteiger partial charge in [0.05, 0.1) is 6.04 Å². The molecule has 0 fully saturated rings. The summed E-state index contributed by atoms with van der Waals surface area (Å²) in [5, 5.41) is 2.83. The van der Waals surface area contributed by atoms with E-state index in [1.807, 2.05) is 44.2 Å². The lowest BCUT2D eigenvalue weighted by molar-refractivity contribution is -0.127. The van der Waals surface area contributed by atoms with E-state index in [-0.39, 0.29) is 17.7 Å². The minimum Gasteiger partial charge on any atom is -0.346 e. The van der Waals surface area contributed by atoms with E-state index in [2.05, 4.69) is 5.32 Å². The molecular formula is C16H23NO2. The van der Waals surface area contributed by atoms with E-state index in [0.717, 1.165) is 5.56 Å². The molecule has 1 rings (SSSR count). The number of rotatable bonds is 7. The molecule has 0 bridgehead atoms. The van der Waals surface area contributed by atoms with E-state index in [1.54, 1.807) is 0 Å². The number of nitrogens with one attached hydrogen (secondary N) is 1. The maximum absolute atomic E-state index is 11.8. The Balaban J connectivity index is 2.42. The molecule has 3 heteroatoms. The lowest BCUT2D eigenvalue weighted by Gasteiger charge is -2.17. The molecule has 19 heavy (non-hydrogen) atoms. The molecular weight excluding hydrogens is 238 g/mol. The van der Waals surface area contributed by atoms with Crippen LogP contribution in [0.2, 0.25) is 0 Å². The quantitative estimate of drug-likeness (QED) is 0.820. The molecule has 0 unspecified atom stereocenters. The van der Waals surface area contributed by atoms with E-state index < -0.39 is 0 Å². The second kappa shape index (κ2) is 7.72. The van der Waals surface area contributed by atoms with Crippen LogP contribution in [-0.2, 0) is 16.0 Å². The second-order valence-electron chi connectivity index (χ2n) is 5.35. The van der Waals surface area contributed by atoms with Gasteiger partial charge < -0.3 is 5.32 Å². The van der Waals surface area contributed by atoms with Crippen LogP contribution in [0, 0.1) is 5.92 Å². The lowest BCUT2D eigenvalue weighted by atomic mass is 10.0. The van der Waals surface area contributed by atoms with Crippen molar-refractivity contribution in [3.05, 3.63) is 35.9 Å². The monoisotopic (exact) mass is 261 g/mol. The highest BCUT2D eigenvalue weighted by Crippen LogP contribution is 2.07. The Morgan fingerprint density at radius 2 is 1.79 bits per heavy atom. The predicted octanol–water partition coefficient (Wildman–Crippen LogP) is 2.74. The number of hydrogen-bond donors (Lipinski definition) is 1. The van der Waals surface area contributed by atoms with Crippen LogP contribution in [-0.4, -0.2) is 17.7 Å². The largest absolute Gasteiger partial charge is 0.346 e. The van der Waals surface area contributed by atoms with Crippen LogP contribution in [0.1, 0.15) is 39.2 Å². The SMILES string of the molecule is CC(=O)[C@H](CC(C)C)NC(=O)CCc1ccccc1. The van der Waals surface area contributed by atoms with E-state index in [1.165, 1.54) is 6.92 Å². The number of hydrogen-bond acceptors (Lipinski definition) is 2. The standard InChI is InChI=1S/C16H23NO2/c1-12(2)11-15(13(3)18)17-16(19)10-9-14-7-5-4-6-8-14/h4-8,12,15H,9-11H2,1-3H3,(H,17,19)/t15-/m0/s1. The summed E-state index contributed by atoms with van der Waals surface area (Å²) in [6.07, 6.45) is 1.83. The van der Waals surface area contributed by atoms with Gasteiger partial charge in [0.1, 0.15) is 0 Å². The summed E-state index contributed by atoms with van der Waals surface area (Å²) in [7, 11) is 0. The molecule has 0 aliphatic heterocycles. The van der Waals surface area contributed by atoms with Gasteiger partial charge in [0.25, 0.3) is 0 Å². The third-order valence-corrected chi connectivity index (χ3v) is 3.02. The van der Waals surface area contributed by atoms with Crippen molar-refractivity contribution in [1.29, 1.82) is 0 Å². The molecule has 1 amide bonds. The summed E-state index contributed by atoms with van der Waals surface area (Å²) in [6, 6.07) is 9.55. The summed E-state index contributed by atoms with van der Waals surface area (Å²) in [4.78, 5) is 23.3. The van der Waals surface area contributed by atoms with Crippen molar-refractivity contribution in [2.75, 3.05) is 0 Å². The first-order valence-corrected chi connectivity index (χ1v) is 6.82. The van der Waals surface area contributed by atoms with Crippen molar-refractivity contribution < 1.29 is 9.59 Å². The van der Waals surface area contributed by atoms with Gasteiger partial charge in [-0.3, -0.25) is 9.59 Å². The highest BCUT2D eigenvalue weighted by Gasteiger charge is 2.17. The average Bonchev–Trinajstić information content (AvgIpc) is 2.36. The van der Waals surface area contributed by atoms with Gasteiger partial charge in [0.2, 0.25) is 5.91 Å². The first kappa shape index (κ1) is 15.4. The minimum absolute atomic E-state index is 0.0294. The lowest BCUT2D eigenvalue weighted by Crippen LogP contribution is -2.40. The number of ketones is 1. The van der Waals surface area contributed by atoms with Gasteiger partial charge in [-0.25, -0.2) is 0 Å². The molecule has 1 N–H and O–H groups in total. The van der Waals surface area contributed by atoms with Gasteiger partial charge in [-0.1, -0.05) is 44.2 Å². The summed E-state index contributed by atoms with van der Waals surface area (Å²) < 4.78 is 0. The van der Waals surface area contributed by atoms with Gasteiger partial charge in [0.15, 0.2) is 5.78 Å². The maximum Gasteiger partial charge on any atom is 0.220 e. The molecule has 0 aliphatic carbocycles. The predicted molar refractivity (Wildman–Crippen MR) is 76.8 cm³/mol. The Bertz CT molecular complexity index is 412. The van der Waals surface area contributed by atoms with Gasteiger partial charge in [-0.05, 0) is 31.2 Å². The number of carbonyl (C=O) groups is 2. The second-order valence-corrected chi connectivity index (χ2v) is 5.35. The Morgan fingerprint density at radius 3 is 2.32 bits per heavy atom. The van der Waals surface area contributed by atoms with Crippen molar-refractivity contribution in [2.24, 2.45) is 5.92 Å². The molecule has 0 aromatic heterocycles. The fourth-order valence-electron chi connectivity index (χ4n) is 1.97. The molecule has 0 saturated heterocycles. The third kappa shape index (κ3) is 6.18. The molecule has 0 spiro atoms. The van der Waals surface area contributed by atoms with E-state index in [0.29, 0.717) is 25.2 Å². The zero-order valence-electron chi connectivity index (χ0n) is 12.0. The Morgan fingerprint density at radius 1 is 1.16 bits per heavy atom. The van der Waals surface area contributed by atoms with Crippen molar-refractivity contribution in [3.8, 4) is 0 Å². The molecule has 0 saturated carbocycles. The van der Waals surface area contributed by atoms with Crippen LogP contribution in [0.25, 0.3) is 0 Å². The molecule has 0 radical (unpaired) electrons. The van der Waals surface area contributed by atoms with Crippen LogP contribution in [0.3, 0.4) is 0 Å². The Hall–Kier alpha value is -1.64. The maximum atomic E-state index is 11.8. The van der Waals surface area contributed by atoms with E-state index >= 15 is 0 Å². The van der Waals surface area contributed by atoms with Crippen molar-refractivity contribution >= 4 is 11.7 Å². The average molecular weight is 261 g/mol. The van der Waals surface area contributed by atoms with Crippen LogP contribution in [0.15, 0.2) is 30.3 Å². The molecule has 1 atom stereocenters. The number of Topliss-reactive ketones (excluding diaryl/α,β-unsaturated/α-hetero) is 1. The molecule has 0 aliphatic rings. The van der Waals surface area contributed by atoms with Crippen molar-refractivity contribution in [1.82, 2.24) is 5.32 Å². The van der Waals surface area contributed by atoms with Crippen molar-refractivity contribution in [3.63, 3.8) is 0 Å². The van der Waals surface area contributed by atoms with Gasteiger partial charge in [0, 0.05) is 6.42 Å². The molecule has 1 aromatic rings. The summed E-state index contributed by atoms with van der Waals surface area (Å²) in [5.74, 6) is 0.370. The molecule has 0 heterocycles. The summed E-state index contributed by atoms with van der Waals surface area (Å²) in [5.41, 5.74) is 1.14. The highest BCUT2D eigenvalue weighted by molar-refractivity contribution is 5.87. The van der Waals surface area contributed by atoms with E-state index in [4.69, 9.17) is 0 Å². The number of benzene rings is 1. The topological polar surface area (TPSA) is 46.2 Å². The minimum atomic E-state index is -0.344. The van der Waals surface area contributed by atoms with Crippen LogP contribution >= 0.6 is 0 Å². The van der Waals surface area contributed by atoms with Gasteiger partial charge in [-0.15, -0.1) is 0 Å². The van der Waals surface area contributed by atoms with Crippen LogP contribution in [0.4, 0.5) is 0 Å². The third-order valence-electron chi connectivity index (χ3n) is 3.02. The van der Waals surface area contributed by atoms with Gasteiger partial charge in [-0.2, -0.15) is 0 Å². The fraction of sp³-hybridized carbons (Fsp3) is 0.500. The number of carbonyl (C=O) groups excluding carboxylic acids is 2. The van der Waals surface area contributed by atoms with Crippen LogP contribution in [0.5, 0.6) is 0 Å². The van der Waals surface area contributed by atoms with Gasteiger partial charge >= 0.3 is 0 Å². The molecule has 104 valence electrons. The number of amides is 1. The summed E-state index contributed by atoms with van der Waals surface area (Å²) >= 11 is 0. The number of aryl methyl sites for hydroxylation is 1.